The van der Waals surface area contributed by atoms with Gasteiger partial charge in [0.1, 0.15) is 18.1 Å². The second-order valence-corrected chi connectivity index (χ2v) is 9.70. The first-order valence-electron chi connectivity index (χ1n) is 10.2. The number of amides is 1. The smallest absolute Gasteiger partial charge is 0.274 e. The van der Waals surface area contributed by atoms with Crippen LogP contribution >= 0.6 is 11.8 Å². The highest BCUT2D eigenvalue weighted by molar-refractivity contribution is 8.15. The molecule has 2 aliphatic rings. The van der Waals surface area contributed by atoms with Crippen LogP contribution in [0.4, 0.5) is 23.2 Å². The number of carbonyl (C=O) groups is 1. The first-order chi connectivity index (χ1) is 16.0. The zero-order valence-corrected chi connectivity index (χ0v) is 19.0. The second kappa shape index (κ2) is 8.51. The van der Waals surface area contributed by atoms with Gasteiger partial charge in [0, 0.05) is 23.2 Å². The van der Waals surface area contributed by atoms with Crippen LogP contribution < -0.4 is 15.8 Å². The summed E-state index contributed by atoms with van der Waals surface area (Å²) in [6.45, 7) is 3.09. The Bertz CT molecular complexity index is 1250. The number of aliphatic imine (C=N–C) groups is 1. The molecule has 1 amide bonds. The zero-order chi connectivity index (χ0) is 24.8. The Morgan fingerprint density at radius 1 is 1.41 bits per heavy atom. The molecule has 1 aromatic heterocycles. The SMILES string of the molecule is C#CCOc1cnc(C(=O)Nc2cc(F)c(F)c([C@]3(C)N=C(N)S[C@@]4(C(F)F)C[C@@H]34)c2)c(C)c1. The van der Waals surface area contributed by atoms with Gasteiger partial charge in [-0.05, 0) is 38.0 Å². The lowest BCUT2D eigenvalue weighted by Crippen LogP contribution is -2.39. The molecule has 0 saturated heterocycles. The molecule has 3 atom stereocenters. The van der Waals surface area contributed by atoms with Crippen LogP contribution in [0.15, 0.2) is 29.4 Å². The number of halogens is 4. The standard InChI is InChI=1S/C23H20F4N4O2S/c1-4-5-33-13-6-11(2)18(29-10-13)19(32)30-12-7-14(17(25)15(24)8-12)22(3)16-9-23(16,20(26)27)34-21(28)31-22/h1,6-8,10,16,20H,5,9H2,2-3H3,(H2,28,31)(H,30,32)/t16-,22-,23-/m0/s1. The third-order valence-corrected chi connectivity index (χ3v) is 7.37. The van der Waals surface area contributed by atoms with E-state index in [0.717, 1.165) is 17.8 Å². The number of benzene rings is 1. The number of fused-ring (bicyclic) bond motifs is 1. The van der Waals surface area contributed by atoms with E-state index in [1.54, 1.807) is 13.0 Å². The van der Waals surface area contributed by atoms with Gasteiger partial charge in [-0.1, -0.05) is 17.7 Å². The summed E-state index contributed by atoms with van der Waals surface area (Å²) >= 11 is 0.760. The lowest BCUT2D eigenvalue weighted by Gasteiger charge is -2.34. The maximum atomic E-state index is 14.9. The van der Waals surface area contributed by atoms with Gasteiger partial charge < -0.3 is 15.8 Å². The molecular formula is C23H20F4N4O2S. The summed E-state index contributed by atoms with van der Waals surface area (Å²) in [5.74, 6) is -1.24. The Morgan fingerprint density at radius 3 is 2.79 bits per heavy atom. The molecule has 1 aliphatic heterocycles. The number of pyridine rings is 1. The molecule has 6 nitrogen and oxygen atoms in total. The highest BCUT2D eigenvalue weighted by Gasteiger charge is 2.71. The molecule has 178 valence electrons. The summed E-state index contributed by atoms with van der Waals surface area (Å²) in [5.41, 5.74) is 4.42. The van der Waals surface area contributed by atoms with Crippen molar-refractivity contribution >= 4 is 28.5 Å². The maximum absolute atomic E-state index is 14.9. The van der Waals surface area contributed by atoms with Crippen molar-refractivity contribution < 1.29 is 27.1 Å². The first-order valence-corrected chi connectivity index (χ1v) is 11.0. The summed E-state index contributed by atoms with van der Waals surface area (Å²) in [6, 6.07) is 3.56. The number of ether oxygens (including phenoxy) is 1. The van der Waals surface area contributed by atoms with Gasteiger partial charge in [-0.15, -0.1) is 6.42 Å². The lowest BCUT2D eigenvalue weighted by molar-refractivity contribution is 0.102. The summed E-state index contributed by atoms with van der Waals surface area (Å²) in [5, 5.41) is 2.36. The van der Waals surface area contributed by atoms with E-state index in [1.807, 2.05) is 0 Å². The van der Waals surface area contributed by atoms with Gasteiger partial charge in [0.15, 0.2) is 16.8 Å². The predicted octanol–water partition coefficient (Wildman–Crippen LogP) is 4.23. The van der Waals surface area contributed by atoms with Crippen molar-refractivity contribution in [2.24, 2.45) is 16.6 Å². The van der Waals surface area contributed by atoms with Crippen molar-refractivity contribution in [3.8, 4) is 18.1 Å². The van der Waals surface area contributed by atoms with E-state index in [1.165, 1.54) is 19.2 Å². The fourth-order valence-corrected chi connectivity index (χ4v) is 5.65. The number of nitrogens with two attached hydrogens (primary N) is 1. The van der Waals surface area contributed by atoms with Crippen LogP contribution in [0, 0.1) is 36.8 Å². The normalized spacial score (nSPS) is 25.2. The van der Waals surface area contributed by atoms with E-state index >= 15 is 0 Å². The molecule has 0 spiro atoms. The van der Waals surface area contributed by atoms with Crippen LogP contribution in [-0.4, -0.2) is 33.8 Å². The fraction of sp³-hybridized carbons (Fsp3) is 0.348. The van der Waals surface area contributed by atoms with Crippen LogP contribution in [0.5, 0.6) is 5.75 Å². The van der Waals surface area contributed by atoms with Gasteiger partial charge in [0.25, 0.3) is 12.3 Å². The molecule has 0 unspecified atom stereocenters. The van der Waals surface area contributed by atoms with Gasteiger partial charge in [-0.3, -0.25) is 9.79 Å². The Balaban J connectivity index is 1.65. The molecule has 2 heterocycles. The third-order valence-electron chi connectivity index (χ3n) is 6.06. The van der Waals surface area contributed by atoms with Crippen molar-refractivity contribution in [3.63, 3.8) is 0 Å². The molecule has 0 bridgehead atoms. The monoisotopic (exact) mass is 492 g/mol. The first kappa shape index (κ1) is 23.9. The average Bonchev–Trinajstić information content (AvgIpc) is 3.51. The van der Waals surface area contributed by atoms with E-state index in [2.05, 4.69) is 21.2 Å². The Morgan fingerprint density at radius 2 is 2.15 bits per heavy atom. The van der Waals surface area contributed by atoms with Crippen molar-refractivity contribution in [1.29, 1.82) is 0 Å². The number of aromatic nitrogens is 1. The number of amidine groups is 1. The minimum absolute atomic E-state index is 0.0285. The zero-order valence-electron chi connectivity index (χ0n) is 18.2. The van der Waals surface area contributed by atoms with E-state index < -0.39 is 40.2 Å². The number of hydrogen-bond acceptors (Lipinski definition) is 6. The number of thioether (sulfide) groups is 1. The van der Waals surface area contributed by atoms with Gasteiger partial charge >= 0.3 is 0 Å². The Hall–Kier alpha value is -3.26. The Labute approximate surface area is 197 Å². The minimum Gasteiger partial charge on any atom is -0.479 e. The van der Waals surface area contributed by atoms with Crippen LogP contribution in [0.3, 0.4) is 0 Å². The molecule has 3 N–H and O–H groups in total. The molecule has 0 radical (unpaired) electrons. The quantitative estimate of drug-likeness (QED) is 0.465. The molecule has 2 aromatic rings. The molecule has 1 fully saturated rings. The second-order valence-electron chi connectivity index (χ2n) is 8.32. The number of nitrogens with one attached hydrogen (secondary N) is 1. The van der Waals surface area contributed by atoms with Crippen LogP contribution in [0.1, 0.15) is 35.0 Å². The summed E-state index contributed by atoms with van der Waals surface area (Å²) < 4.78 is 60.7. The van der Waals surface area contributed by atoms with Gasteiger partial charge in [0.05, 0.1) is 16.5 Å². The van der Waals surface area contributed by atoms with Crippen LogP contribution in [0.2, 0.25) is 0 Å². The molecule has 11 heteroatoms. The van der Waals surface area contributed by atoms with Crippen molar-refractivity contribution in [2.75, 3.05) is 11.9 Å². The number of nitrogens with zero attached hydrogens (tertiary/aromatic N) is 2. The van der Waals surface area contributed by atoms with Crippen LogP contribution in [0.25, 0.3) is 0 Å². The number of carbonyl (C=O) groups excluding carboxylic acids is 1. The predicted molar refractivity (Wildman–Crippen MR) is 121 cm³/mol. The highest BCUT2D eigenvalue weighted by atomic mass is 32.2. The molecule has 34 heavy (non-hydrogen) atoms. The van der Waals surface area contributed by atoms with Gasteiger partial charge in [-0.25, -0.2) is 22.5 Å². The van der Waals surface area contributed by atoms with Gasteiger partial charge in [0.2, 0.25) is 0 Å². The molecule has 1 saturated carbocycles. The number of anilines is 1. The van der Waals surface area contributed by atoms with Crippen molar-refractivity contribution in [1.82, 2.24) is 4.98 Å². The lowest BCUT2D eigenvalue weighted by atomic mass is 9.85. The number of alkyl halides is 2. The van der Waals surface area contributed by atoms with Crippen molar-refractivity contribution in [3.05, 3.63) is 52.9 Å². The van der Waals surface area contributed by atoms with E-state index in [4.69, 9.17) is 16.9 Å². The number of rotatable bonds is 6. The number of hydrogen-bond donors (Lipinski definition) is 2. The maximum Gasteiger partial charge on any atom is 0.274 e. The van der Waals surface area contributed by atoms with E-state index in [0.29, 0.717) is 11.3 Å². The molecule has 1 aromatic carbocycles. The summed E-state index contributed by atoms with van der Waals surface area (Å²) in [7, 11) is 0. The fourth-order valence-electron chi connectivity index (χ4n) is 4.32. The average molecular weight is 492 g/mol. The van der Waals surface area contributed by atoms with E-state index in [9.17, 15) is 22.4 Å². The third kappa shape index (κ3) is 3.96. The number of terminal acetylenes is 1. The van der Waals surface area contributed by atoms with E-state index in [-0.39, 0.29) is 35.1 Å². The molecular weight excluding hydrogens is 472 g/mol. The topological polar surface area (TPSA) is 89.6 Å². The van der Waals surface area contributed by atoms with Gasteiger partial charge in [-0.2, -0.15) is 0 Å². The summed E-state index contributed by atoms with van der Waals surface area (Å²) in [4.78, 5) is 21.1. The Kier molecular flexibility index (Phi) is 5.97. The largest absolute Gasteiger partial charge is 0.479 e. The molecule has 4 rings (SSSR count). The summed E-state index contributed by atoms with van der Waals surface area (Å²) in [6.07, 6.45) is 3.79. The highest BCUT2D eigenvalue weighted by Crippen LogP contribution is 2.68. The molecule has 1 aliphatic carbocycles. The minimum atomic E-state index is -2.71. The van der Waals surface area contributed by atoms with Crippen LogP contribution in [-0.2, 0) is 5.54 Å². The van der Waals surface area contributed by atoms with Crippen molar-refractivity contribution in [2.45, 2.75) is 37.0 Å². The number of aryl methyl sites for hydroxylation is 1.